The lowest BCUT2D eigenvalue weighted by molar-refractivity contribution is 0.0930. The van der Waals surface area contributed by atoms with Crippen LogP contribution in [0.25, 0.3) is 0 Å². The Hall–Kier alpha value is -1.55. The van der Waals surface area contributed by atoms with Gasteiger partial charge in [-0.1, -0.05) is 12.1 Å². The van der Waals surface area contributed by atoms with Gasteiger partial charge in [-0.25, -0.2) is 0 Å². The first-order valence-electron chi connectivity index (χ1n) is 6.65. The Kier molecular flexibility index (Phi) is 2.96. The Balaban J connectivity index is 1.70. The molecule has 4 heteroatoms. The van der Waals surface area contributed by atoms with E-state index in [1.165, 1.54) is 19.4 Å². The van der Waals surface area contributed by atoms with Crippen molar-refractivity contribution in [3.8, 4) is 0 Å². The number of benzene rings is 1. The summed E-state index contributed by atoms with van der Waals surface area (Å²) in [5.41, 5.74) is 6.97. The molecule has 2 saturated heterocycles. The standard InChI is InChI=1S/C14H19N3O/c15-11-5-2-1-4-10(11)14(18)16-12-7-9-17-8-3-6-13(12)17/h1-2,4-5,12-13H,3,6-9,15H2,(H,16,18). The van der Waals surface area contributed by atoms with Crippen LogP contribution >= 0.6 is 0 Å². The zero-order valence-corrected chi connectivity index (χ0v) is 10.4. The molecular formula is C14H19N3O. The highest BCUT2D eigenvalue weighted by Gasteiger charge is 2.37. The summed E-state index contributed by atoms with van der Waals surface area (Å²) in [5, 5.41) is 3.15. The van der Waals surface area contributed by atoms with Crippen molar-refractivity contribution in [2.45, 2.75) is 31.3 Å². The van der Waals surface area contributed by atoms with Crippen LogP contribution in [0.15, 0.2) is 24.3 Å². The molecular weight excluding hydrogens is 226 g/mol. The SMILES string of the molecule is Nc1ccccc1C(=O)NC1CCN2CCCC12. The van der Waals surface area contributed by atoms with E-state index in [-0.39, 0.29) is 5.91 Å². The maximum atomic E-state index is 12.2. The van der Waals surface area contributed by atoms with Crippen LogP contribution in [0.4, 0.5) is 5.69 Å². The predicted octanol–water partition coefficient (Wildman–Crippen LogP) is 1.24. The molecule has 2 aliphatic rings. The maximum Gasteiger partial charge on any atom is 0.253 e. The molecule has 3 rings (SSSR count). The second-order valence-corrected chi connectivity index (χ2v) is 5.20. The molecule has 0 radical (unpaired) electrons. The molecule has 0 aromatic heterocycles. The van der Waals surface area contributed by atoms with Crippen LogP contribution in [0.5, 0.6) is 0 Å². The van der Waals surface area contributed by atoms with E-state index in [9.17, 15) is 4.79 Å². The minimum absolute atomic E-state index is 0.0353. The lowest BCUT2D eigenvalue weighted by atomic mass is 10.1. The first kappa shape index (κ1) is 11.5. The third-order valence-corrected chi connectivity index (χ3v) is 4.13. The zero-order chi connectivity index (χ0) is 12.5. The summed E-state index contributed by atoms with van der Waals surface area (Å²) in [6.45, 7) is 2.30. The van der Waals surface area contributed by atoms with Crippen LogP contribution in [0.3, 0.4) is 0 Å². The number of carbonyl (C=O) groups excluding carboxylic acids is 1. The Morgan fingerprint density at radius 3 is 2.94 bits per heavy atom. The van der Waals surface area contributed by atoms with Crippen LogP contribution in [-0.4, -0.2) is 36.0 Å². The fourth-order valence-corrected chi connectivity index (χ4v) is 3.20. The molecule has 2 aliphatic heterocycles. The lowest BCUT2D eigenvalue weighted by Crippen LogP contribution is -2.42. The van der Waals surface area contributed by atoms with Crippen molar-refractivity contribution in [1.82, 2.24) is 10.2 Å². The number of para-hydroxylation sites is 1. The van der Waals surface area contributed by atoms with E-state index in [1.807, 2.05) is 12.1 Å². The van der Waals surface area contributed by atoms with E-state index in [0.29, 0.717) is 23.3 Å². The van der Waals surface area contributed by atoms with Crippen molar-refractivity contribution >= 4 is 11.6 Å². The first-order valence-corrected chi connectivity index (χ1v) is 6.65. The van der Waals surface area contributed by atoms with Crippen molar-refractivity contribution in [1.29, 1.82) is 0 Å². The number of rotatable bonds is 2. The highest BCUT2D eigenvalue weighted by Crippen LogP contribution is 2.28. The van der Waals surface area contributed by atoms with Gasteiger partial charge in [-0.3, -0.25) is 9.69 Å². The molecule has 0 saturated carbocycles. The number of nitrogens with one attached hydrogen (secondary N) is 1. The number of nitrogen functional groups attached to an aromatic ring is 1. The number of anilines is 1. The average Bonchev–Trinajstić information content (AvgIpc) is 2.94. The molecule has 1 aromatic carbocycles. The molecule has 4 nitrogen and oxygen atoms in total. The van der Waals surface area contributed by atoms with Crippen molar-refractivity contribution < 1.29 is 4.79 Å². The topological polar surface area (TPSA) is 58.4 Å². The van der Waals surface area contributed by atoms with Crippen molar-refractivity contribution in [3.05, 3.63) is 29.8 Å². The van der Waals surface area contributed by atoms with Gasteiger partial charge in [0.05, 0.1) is 5.56 Å². The Bertz CT molecular complexity index is 460. The van der Waals surface area contributed by atoms with Gasteiger partial charge in [0.25, 0.3) is 5.91 Å². The number of carbonyl (C=O) groups is 1. The smallest absolute Gasteiger partial charge is 0.253 e. The fourth-order valence-electron chi connectivity index (χ4n) is 3.20. The predicted molar refractivity (Wildman–Crippen MR) is 71.3 cm³/mol. The average molecular weight is 245 g/mol. The van der Waals surface area contributed by atoms with Crippen LogP contribution in [0, 0.1) is 0 Å². The van der Waals surface area contributed by atoms with Crippen LogP contribution in [0.2, 0.25) is 0 Å². The molecule has 0 spiro atoms. The summed E-state index contributed by atoms with van der Waals surface area (Å²) in [4.78, 5) is 14.7. The van der Waals surface area contributed by atoms with Crippen molar-refractivity contribution in [3.63, 3.8) is 0 Å². The monoisotopic (exact) mass is 245 g/mol. The van der Waals surface area contributed by atoms with Crippen molar-refractivity contribution in [2.75, 3.05) is 18.8 Å². The molecule has 18 heavy (non-hydrogen) atoms. The molecule has 2 unspecified atom stereocenters. The van der Waals surface area contributed by atoms with Gasteiger partial charge in [0.2, 0.25) is 0 Å². The Labute approximate surface area is 107 Å². The number of nitrogens with two attached hydrogens (primary N) is 1. The van der Waals surface area contributed by atoms with E-state index in [1.54, 1.807) is 12.1 Å². The molecule has 1 amide bonds. The van der Waals surface area contributed by atoms with E-state index < -0.39 is 0 Å². The molecule has 2 heterocycles. The summed E-state index contributed by atoms with van der Waals surface area (Å²) < 4.78 is 0. The van der Waals surface area contributed by atoms with Crippen molar-refractivity contribution in [2.24, 2.45) is 0 Å². The van der Waals surface area contributed by atoms with Crippen LogP contribution in [-0.2, 0) is 0 Å². The maximum absolute atomic E-state index is 12.2. The summed E-state index contributed by atoms with van der Waals surface area (Å²) in [6, 6.07) is 8.08. The largest absolute Gasteiger partial charge is 0.398 e. The molecule has 2 fully saturated rings. The Morgan fingerprint density at radius 2 is 2.11 bits per heavy atom. The molecule has 96 valence electrons. The third-order valence-electron chi connectivity index (χ3n) is 4.13. The minimum atomic E-state index is -0.0353. The Morgan fingerprint density at radius 1 is 1.28 bits per heavy atom. The van der Waals surface area contributed by atoms with Crippen LogP contribution in [0.1, 0.15) is 29.6 Å². The summed E-state index contributed by atoms with van der Waals surface area (Å²) in [7, 11) is 0. The van der Waals surface area contributed by atoms with Gasteiger partial charge in [-0.15, -0.1) is 0 Å². The van der Waals surface area contributed by atoms with E-state index in [4.69, 9.17) is 5.73 Å². The van der Waals surface area contributed by atoms with Gasteiger partial charge < -0.3 is 11.1 Å². The molecule has 0 bridgehead atoms. The second kappa shape index (κ2) is 4.61. The molecule has 0 aliphatic carbocycles. The molecule has 1 aromatic rings. The first-order chi connectivity index (χ1) is 8.75. The molecule has 2 atom stereocenters. The zero-order valence-electron chi connectivity index (χ0n) is 10.4. The van der Waals surface area contributed by atoms with Gasteiger partial charge in [0.1, 0.15) is 0 Å². The number of fused-ring (bicyclic) bond motifs is 1. The summed E-state index contributed by atoms with van der Waals surface area (Å²) in [5.74, 6) is -0.0353. The number of hydrogen-bond donors (Lipinski definition) is 2. The van der Waals surface area contributed by atoms with Gasteiger partial charge in [-0.2, -0.15) is 0 Å². The number of hydrogen-bond acceptors (Lipinski definition) is 3. The highest BCUT2D eigenvalue weighted by molar-refractivity contribution is 5.99. The van der Waals surface area contributed by atoms with Gasteiger partial charge in [0, 0.05) is 24.3 Å². The van der Waals surface area contributed by atoms with Gasteiger partial charge in [-0.05, 0) is 37.9 Å². The normalized spacial score (nSPS) is 27.1. The van der Waals surface area contributed by atoms with Crippen LogP contribution < -0.4 is 11.1 Å². The lowest BCUT2D eigenvalue weighted by Gasteiger charge is -2.21. The highest BCUT2D eigenvalue weighted by atomic mass is 16.1. The van der Waals surface area contributed by atoms with Gasteiger partial charge >= 0.3 is 0 Å². The second-order valence-electron chi connectivity index (χ2n) is 5.20. The van der Waals surface area contributed by atoms with E-state index >= 15 is 0 Å². The third kappa shape index (κ3) is 1.97. The summed E-state index contributed by atoms with van der Waals surface area (Å²) in [6.07, 6.45) is 3.52. The van der Waals surface area contributed by atoms with E-state index in [2.05, 4.69) is 10.2 Å². The molecule has 3 N–H and O–H groups in total. The van der Waals surface area contributed by atoms with Gasteiger partial charge in [0.15, 0.2) is 0 Å². The van der Waals surface area contributed by atoms with E-state index in [0.717, 1.165) is 13.0 Å². The minimum Gasteiger partial charge on any atom is -0.398 e. The number of nitrogens with zero attached hydrogens (tertiary/aromatic N) is 1. The summed E-state index contributed by atoms with van der Waals surface area (Å²) >= 11 is 0. The quantitative estimate of drug-likeness (QED) is 0.771. The fraction of sp³-hybridized carbons (Fsp3) is 0.500. The number of amides is 1.